The first-order valence-corrected chi connectivity index (χ1v) is 9.23. The number of aromatic nitrogens is 2. The minimum Gasteiger partial charge on any atom is -0.370 e. The minimum absolute atomic E-state index is 0.809. The van der Waals surface area contributed by atoms with Crippen molar-refractivity contribution in [3.8, 4) is 0 Å². The Hall–Kier alpha value is -2.88. The fraction of sp³-hybridized carbons (Fsp3) is 0.273. The second-order valence-corrected chi connectivity index (χ2v) is 6.76. The van der Waals surface area contributed by atoms with E-state index in [2.05, 4.69) is 74.8 Å². The summed E-state index contributed by atoms with van der Waals surface area (Å²) in [4.78, 5) is 11.6. The van der Waals surface area contributed by atoms with E-state index >= 15 is 0 Å². The predicted molar refractivity (Wildman–Crippen MR) is 107 cm³/mol. The van der Waals surface area contributed by atoms with E-state index in [-0.39, 0.29) is 0 Å². The number of rotatable bonds is 5. The molecule has 0 amide bonds. The van der Waals surface area contributed by atoms with Crippen LogP contribution in [0.3, 0.4) is 0 Å². The molecule has 0 atom stereocenters. The summed E-state index contributed by atoms with van der Waals surface area (Å²) in [7, 11) is 0. The van der Waals surface area contributed by atoms with E-state index in [1.807, 2.05) is 13.0 Å². The summed E-state index contributed by atoms with van der Waals surface area (Å²) in [5.74, 6) is 2.72. The van der Waals surface area contributed by atoms with Crippen LogP contribution in [0.4, 0.5) is 11.6 Å². The molecule has 1 aromatic heterocycles. The molecule has 0 spiro atoms. The average Bonchev–Trinajstić information content (AvgIpc) is 2.68. The van der Waals surface area contributed by atoms with Gasteiger partial charge in [0.2, 0.25) is 0 Å². The van der Waals surface area contributed by atoms with Gasteiger partial charge >= 0.3 is 0 Å². The molecule has 4 heteroatoms. The summed E-state index contributed by atoms with van der Waals surface area (Å²) in [6, 6.07) is 21.3. The first kappa shape index (κ1) is 16.6. The van der Waals surface area contributed by atoms with Crippen molar-refractivity contribution in [1.82, 2.24) is 9.97 Å². The molecular weight excluding hydrogens is 320 g/mol. The monoisotopic (exact) mass is 344 g/mol. The fourth-order valence-corrected chi connectivity index (χ4v) is 3.48. The topological polar surface area (TPSA) is 41.1 Å². The molecule has 0 saturated heterocycles. The molecular formula is C22H24N4. The number of hydrogen-bond donors (Lipinski definition) is 1. The van der Waals surface area contributed by atoms with Crippen molar-refractivity contribution in [3.05, 3.63) is 83.2 Å². The van der Waals surface area contributed by atoms with E-state index in [9.17, 15) is 0 Å². The van der Waals surface area contributed by atoms with Gasteiger partial charge in [-0.1, -0.05) is 54.6 Å². The molecule has 4 nitrogen and oxygen atoms in total. The van der Waals surface area contributed by atoms with E-state index in [4.69, 9.17) is 0 Å². The molecule has 2 heterocycles. The van der Waals surface area contributed by atoms with E-state index < -0.39 is 0 Å². The number of nitrogens with zero attached hydrogens (tertiary/aromatic N) is 3. The van der Waals surface area contributed by atoms with E-state index in [0.29, 0.717) is 0 Å². The molecule has 0 aliphatic carbocycles. The number of nitrogens with one attached hydrogen (secondary N) is 1. The largest absolute Gasteiger partial charge is 0.370 e. The molecule has 0 radical (unpaired) electrons. The number of fused-ring (bicyclic) bond motifs is 1. The maximum atomic E-state index is 4.67. The molecule has 1 N–H and O–H groups in total. The van der Waals surface area contributed by atoms with Crippen molar-refractivity contribution in [1.29, 1.82) is 0 Å². The van der Waals surface area contributed by atoms with Crippen LogP contribution in [0, 0.1) is 6.92 Å². The zero-order valence-corrected chi connectivity index (χ0v) is 15.2. The van der Waals surface area contributed by atoms with Crippen LogP contribution in [-0.4, -0.2) is 23.1 Å². The lowest BCUT2D eigenvalue weighted by atomic mass is 10.00. The second-order valence-electron chi connectivity index (χ2n) is 6.76. The maximum Gasteiger partial charge on any atom is 0.134 e. The van der Waals surface area contributed by atoms with Crippen LogP contribution in [0.5, 0.6) is 0 Å². The standard InChI is InChI=1S/C22H24N4/c1-17-24-21(23-13-11-18-7-3-2-4-8-18)15-22(25-17)26-14-12-19-9-5-6-10-20(19)16-26/h2-10,15H,11-14,16H2,1H3,(H,23,24,25). The third-order valence-electron chi connectivity index (χ3n) is 4.84. The van der Waals surface area contributed by atoms with Crippen molar-refractivity contribution in [2.24, 2.45) is 0 Å². The molecule has 0 unspecified atom stereocenters. The lowest BCUT2D eigenvalue weighted by Gasteiger charge is -2.30. The first-order chi connectivity index (χ1) is 12.8. The lowest BCUT2D eigenvalue weighted by molar-refractivity contribution is 0.717. The van der Waals surface area contributed by atoms with Gasteiger partial charge in [0.05, 0.1) is 0 Å². The molecule has 0 saturated carbocycles. The molecule has 0 bridgehead atoms. The van der Waals surface area contributed by atoms with E-state index in [1.165, 1.54) is 16.7 Å². The quantitative estimate of drug-likeness (QED) is 0.759. The number of hydrogen-bond acceptors (Lipinski definition) is 4. The van der Waals surface area contributed by atoms with Crippen LogP contribution in [0.15, 0.2) is 60.7 Å². The second kappa shape index (κ2) is 7.56. The van der Waals surface area contributed by atoms with Gasteiger partial charge in [-0.15, -0.1) is 0 Å². The van der Waals surface area contributed by atoms with Crippen LogP contribution in [0.25, 0.3) is 0 Å². The van der Waals surface area contributed by atoms with E-state index in [1.54, 1.807) is 0 Å². The highest BCUT2D eigenvalue weighted by molar-refractivity contribution is 5.51. The Balaban J connectivity index is 1.45. The van der Waals surface area contributed by atoms with Gasteiger partial charge in [0.1, 0.15) is 17.5 Å². The zero-order valence-electron chi connectivity index (χ0n) is 15.2. The summed E-state index contributed by atoms with van der Waals surface area (Å²) in [5, 5.41) is 3.45. The average molecular weight is 344 g/mol. The van der Waals surface area contributed by atoms with Crippen LogP contribution >= 0.6 is 0 Å². The van der Waals surface area contributed by atoms with Gasteiger partial charge < -0.3 is 10.2 Å². The van der Waals surface area contributed by atoms with Gasteiger partial charge in [-0.3, -0.25) is 0 Å². The zero-order chi connectivity index (χ0) is 17.8. The summed E-state index contributed by atoms with van der Waals surface area (Å²) >= 11 is 0. The first-order valence-electron chi connectivity index (χ1n) is 9.23. The van der Waals surface area contributed by atoms with Gasteiger partial charge in [-0.25, -0.2) is 9.97 Å². The van der Waals surface area contributed by atoms with E-state index in [0.717, 1.165) is 49.9 Å². The molecule has 2 aromatic carbocycles. The Bertz CT molecular complexity index is 876. The van der Waals surface area contributed by atoms with Crippen LogP contribution < -0.4 is 10.2 Å². The van der Waals surface area contributed by atoms with Gasteiger partial charge in [-0.2, -0.15) is 0 Å². The highest BCUT2D eigenvalue weighted by Crippen LogP contribution is 2.24. The van der Waals surface area contributed by atoms with Gasteiger partial charge in [0.25, 0.3) is 0 Å². The molecule has 3 aromatic rings. The fourth-order valence-electron chi connectivity index (χ4n) is 3.48. The van der Waals surface area contributed by atoms with Crippen molar-refractivity contribution >= 4 is 11.6 Å². The van der Waals surface area contributed by atoms with Gasteiger partial charge in [0.15, 0.2) is 0 Å². The third kappa shape index (κ3) is 3.85. The molecule has 26 heavy (non-hydrogen) atoms. The molecule has 1 aliphatic rings. The Labute approximate surface area is 154 Å². The van der Waals surface area contributed by atoms with Crippen molar-refractivity contribution in [3.63, 3.8) is 0 Å². The Morgan fingerprint density at radius 1 is 0.962 bits per heavy atom. The molecule has 132 valence electrons. The van der Waals surface area contributed by atoms with Crippen molar-refractivity contribution in [2.45, 2.75) is 26.3 Å². The van der Waals surface area contributed by atoms with Gasteiger partial charge in [0, 0.05) is 25.7 Å². The minimum atomic E-state index is 0.809. The number of aryl methyl sites for hydroxylation is 1. The van der Waals surface area contributed by atoms with Gasteiger partial charge in [-0.05, 0) is 36.5 Å². The maximum absolute atomic E-state index is 4.67. The summed E-state index contributed by atoms with van der Waals surface area (Å²) < 4.78 is 0. The van der Waals surface area contributed by atoms with Crippen LogP contribution in [0.1, 0.15) is 22.5 Å². The smallest absolute Gasteiger partial charge is 0.134 e. The third-order valence-corrected chi connectivity index (χ3v) is 4.84. The number of anilines is 2. The lowest BCUT2D eigenvalue weighted by Crippen LogP contribution is -2.31. The Morgan fingerprint density at radius 2 is 1.73 bits per heavy atom. The molecule has 4 rings (SSSR count). The molecule has 1 aliphatic heterocycles. The number of benzene rings is 2. The van der Waals surface area contributed by atoms with Crippen LogP contribution in [-0.2, 0) is 19.4 Å². The Morgan fingerprint density at radius 3 is 2.58 bits per heavy atom. The highest BCUT2D eigenvalue weighted by atomic mass is 15.2. The highest BCUT2D eigenvalue weighted by Gasteiger charge is 2.18. The summed E-state index contributed by atoms with van der Waals surface area (Å²) in [6.45, 7) is 4.74. The SMILES string of the molecule is Cc1nc(NCCc2ccccc2)cc(N2CCc3ccccc3C2)n1. The normalized spacial score (nSPS) is 13.3. The Kier molecular flexibility index (Phi) is 4.82. The summed E-state index contributed by atoms with van der Waals surface area (Å²) in [6.07, 6.45) is 2.05. The van der Waals surface area contributed by atoms with Crippen LogP contribution in [0.2, 0.25) is 0 Å². The summed E-state index contributed by atoms with van der Waals surface area (Å²) in [5.41, 5.74) is 4.18. The van der Waals surface area contributed by atoms with Crippen molar-refractivity contribution in [2.75, 3.05) is 23.3 Å². The molecule has 0 fully saturated rings. The predicted octanol–water partition coefficient (Wildman–Crippen LogP) is 4.00. The van der Waals surface area contributed by atoms with Crippen molar-refractivity contribution < 1.29 is 0 Å².